The summed E-state index contributed by atoms with van der Waals surface area (Å²) < 4.78 is 0. The molecule has 0 bridgehead atoms. The second-order valence-corrected chi connectivity index (χ2v) is 5.27. The second-order valence-electron chi connectivity index (χ2n) is 3.92. The van der Waals surface area contributed by atoms with E-state index in [1.807, 2.05) is 6.07 Å². The van der Waals surface area contributed by atoms with Crippen molar-refractivity contribution in [2.24, 2.45) is 0 Å². The lowest BCUT2D eigenvalue weighted by molar-refractivity contribution is 0.261. The van der Waals surface area contributed by atoms with Crippen LogP contribution in [0.25, 0.3) is 0 Å². The molecule has 1 aromatic rings. The van der Waals surface area contributed by atoms with Gasteiger partial charge in [-0.1, -0.05) is 29.9 Å². The molecule has 0 spiro atoms. The lowest BCUT2D eigenvalue weighted by atomic mass is 10.2. The average Bonchev–Trinajstić information content (AvgIpc) is 2.68. The van der Waals surface area contributed by atoms with Crippen molar-refractivity contribution in [3.63, 3.8) is 0 Å². The molecule has 94 valence electrons. The fourth-order valence-corrected chi connectivity index (χ4v) is 2.29. The Morgan fingerprint density at radius 3 is 2.88 bits per heavy atom. The summed E-state index contributed by atoms with van der Waals surface area (Å²) in [6.45, 7) is 6.12. The number of halogens is 1. The number of hydrogen-bond donors (Lipinski definition) is 1. The van der Waals surface area contributed by atoms with Crippen LogP contribution in [0.4, 0.5) is 5.13 Å². The number of rotatable bonds is 6. The third-order valence-corrected chi connectivity index (χ3v) is 4.07. The molecule has 0 aliphatic carbocycles. The van der Waals surface area contributed by atoms with E-state index >= 15 is 0 Å². The van der Waals surface area contributed by atoms with Gasteiger partial charge in [0.15, 0.2) is 10.3 Å². The molecule has 0 saturated heterocycles. The molecule has 4 nitrogen and oxygen atoms in total. The molecule has 0 radical (unpaired) electrons. The number of likely N-dealkylation sites (N-methyl/N-ethyl adjacent to an activating group) is 1. The Hall–Kier alpha value is -0.830. The molecule has 1 N–H and O–H groups in total. The summed E-state index contributed by atoms with van der Waals surface area (Å²) in [5.74, 6) is 0. The first kappa shape index (κ1) is 14.2. The predicted octanol–water partition coefficient (Wildman–Crippen LogP) is 2.81. The minimum atomic E-state index is 0.287. The minimum Gasteiger partial charge on any atom is -0.360 e. The smallest absolute Gasteiger partial charge is 0.185 e. The number of nitrogens with zero attached hydrogens (tertiary/aromatic N) is 3. The van der Waals surface area contributed by atoms with E-state index in [1.54, 1.807) is 0 Å². The van der Waals surface area contributed by atoms with Crippen LogP contribution in [-0.2, 0) is 0 Å². The summed E-state index contributed by atoms with van der Waals surface area (Å²) in [4.78, 5) is 6.82. The molecule has 1 atom stereocenters. The predicted molar refractivity (Wildman–Crippen MR) is 72.7 cm³/mol. The van der Waals surface area contributed by atoms with Crippen LogP contribution in [0.15, 0.2) is 0 Å². The first-order valence-electron chi connectivity index (χ1n) is 5.59. The van der Waals surface area contributed by atoms with Gasteiger partial charge in [0.25, 0.3) is 0 Å². The van der Waals surface area contributed by atoms with E-state index in [-0.39, 0.29) is 5.15 Å². The fraction of sp³-hybridized carbons (Fsp3) is 0.636. The zero-order chi connectivity index (χ0) is 12.8. The van der Waals surface area contributed by atoms with E-state index < -0.39 is 0 Å². The van der Waals surface area contributed by atoms with Crippen molar-refractivity contribution in [2.75, 3.05) is 25.5 Å². The van der Waals surface area contributed by atoms with Crippen molar-refractivity contribution in [2.45, 2.75) is 26.3 Å². The standard InChI is InChI=1S/C11H17ClN4S/c1-4-8(2)16(3)6-5-14-11-15-10(12)9(7-13)17-11/h8H,4-6H2,1-3H3,(H,14,15). The molecule has 0 amide bonds. The maximum Gasteiger partial charge on any atom is 0.185 e. The Labute approximate surface area is 111 Å². The molecule has 1 unspecified atom stereocenters. The van der Waals surface area contributed by atoms with Gasteiger partial charge in [0.05, 0.1) is 0 Å². The highest BCUT2D eigenvalue weighted by Gasteiger charge is 2.09. The lowest BCUT2D eigenvalue weighted by Gasteiger charge is -2.23. The summed E-state index contributed by atoms with van der Waals surface area (Å²) in [6, 6.07) is 2.59. The van der Waals surface area contributed by atoms with Gasteiger partial charge in [-0.25, -0.2) is 4.98 Å². The van der Waals surface area contributed by atoms with Gasteiger partial charge in [0, 0.05) is 19.1 Å². The van der Waals surface area contributed by atoms with Crippen molar-refractivity contribution in [3.05, 3.63) is 10.0 Å². The van der Waals surface area contributed by atoms with Gasteiger partial charge in [-0.15, -0.1) is 0 Å². The molecule has 1 heterocycles. The van der Waals surface area contributed by atoms with Crippen LogP contribution < -0.4 is 5.32 Å². The number of nitriles is 1. The van der Waals surface area contributed by atoms with Crippen molar-refractivity contribution in [1.29, 1.82) is 5.26 Å². The van der Waals surface area contributed by atoms with Crippen molar-refractivity contribution in [1.82, 2.24) is 9.88 Å². The number of aromatic nitrogens is 1. The highest BCUT2D eigenvalue weighted by molar-refractivity contribution is 7.16. The Morgan fingerprint density at radius 1 is 1.65 bits per heavy atom. The molecule has 1 rings (SSSR count). The molecular formula is C11H17ClN4S. The first-order chi connectivity index (χ1) is 8.08. The maximum absolute atomic E-state index is 8.75. The summed E-state index contributed by atoms with van der Waals surface area (Å²) in [5.41, 5.74) is 0. The molecular weight excluding hydrogens is 256 g/mol. The van der Waals surface area contributed by atoms with E-state index in [9.17, 15) is 0 Å². The lowest BCUT2D eigenvalue weighted by Crippen LogP contribution is -2.32. The molecule has 0 saturated carbocycles. The van der Waals surface area contributed by atoms with Gasteiger partial charge in [-0.3, -0.25) is 0 Å². The van der Waals surface area contributed by atoms with E-state index in [1.165, 1.54) is 11.3 Å². The summed E-state index contributed by atoms with van der Waals surface area (Å²) in [5, 5.41) is 12.9. The molecule has 0 fully saturated rings. The van der Waals surface area contributed by atoms with Crippen LogP contribution >= 0.6 is 22.9 Å². The average molecular weight is 273 g/mol. The summed E-state index contributed by atoms with van der Waals surface area (Å²) in [6.07, 6.45) is 1.14. The van der Waals surface area contributed by atoms with Crippen LogP contribution in [0.2, 0.25) is 5.15 Å². The van der Waals surface area contributed by atoms with Crippen LogP contribution in [0, 0.1) is 11.3 Å². The zero-order valence-corrected chi connectivity index (χ0v) is 11.9. The largest absolute Gasteiger partial charge is 0.360 e. The van der Waals surface area contributed by atoms with Crippen molar-refractivity contribution < 1.29 is 0 Å². The van der Waals surface area contributed by atoms with E-state index in [2.05, 4.69) is 36.1 Å². The SMILES string of the molecule is CCC(C)N(C)CCNc1nc(Cl)c(C#N)s1. The maximum atomic E-state index is 8.75. The second kappa shape index (κ2) is 6.80. The number of anilines is 1. The summed E-state index contributed by atoms with van der Waals surface area (Å²) in [7, 11) is 2.10. The van der Waals surface area contributed by atoms with Gasteiger partial charge in [0.1, 0.15) is 10.9 Å². The van der Waals surface area contributed by atoms with E-state index in [0.717, 1.165) is 19.5 Å². The first-order valence-corrected chi connectivity index (χ1v) is 6.78. The highest BCUT2D eigenvalue weighted by Crippen LogP contribution is 2.25. The summed E-state index contributed by atoms with van der Waals surface area (Å²) >= 11 is 7.08. The van der Waals surface area contributed by atoms with Gasteiger partial charge >= 0.3 is 0 Å². The Balaban J connectivity index is 2.38. The highest BCUT2D eigenvalue weighted by atomic mass is 35.5. The van der Waals surface area contributed by atoms with Crippen molar-refractivity contribution >= 4 is 28.1 Å². The van der Waals surface area contributed by atoms with Gasteiger partial charge in [0.2, 0.25) is 0 Å². The fourth-order valence-electron chi connectivity index (χ4n) is 1.32. The Bertz CT molecular complexity index is 399. The molecule has 0 aromatic carbocycles. The van der Waals surface area contributed by atoms with Crippen LogP contribution in [0.3, 0.4) is 0 Å². The van der Waals surface area contributed by atoms with Gasteiger partial charge in [-0.05, 0) is 20.4 Å². The molecule has 0 aliphatic rings. The molecule has 6 heteroatoms. The number of nitrogens with one attached hydrogen (secondary N) is 1. The Kier molecular flexibility index (Phi) is 5.69. The zero-order valence-electron chi connectivity index (χ0n) is 10.3. The van der Waals surface area contributed by atoms with Crippen molar-refractivity contribution in [3.8, 4) is 6.07 Å². The quantitative estimate of drug-likeness (QED) is 0.865. The van der Waals surface area contributed by atoms with Gasteiger partial charge < -0.3 is 10.2 Å². The topological polar surface area (TPSA) is 52.0 Å². The molecule has 17 heavy (non-hydrogen) atoms. The Morgan fingerprint density at radius 2 is 2.35 bits per heavy atom. The molecule has 1 aromatic heterocycles. The van der Waals surface area contributed by atoms with E-state index in [4.69, 9.17) is 16.9 Å². The van der Waals surface area contributed by atoms with Gasteiger partial charge in [-0.2, -0.15) is 5.26 Å². The monoisotopic (exact) mass is 272 g/mol. The van der Waals surface area contributed by atoms with E-state index in [0.29, 0.717) is 16.1 Å². The number of hydrogen-bond acceptors (Lipinski definition) is 5. The third-order valence-electron chi connectivity index (χ3n) is 2.77. The third kappa shape index (κ3) is 4.15. The normalized spacial score (nSPS) is 12.5. The van der Waals surface area contributed by atoms with Crippen LogP contribution in [-0.4, -0.2) is 36.1 Å². The van der Waals surface area contributed by atoms with Crippen LogP contribution in [0.5, 0.6) is 0 Å². The molecule has 0 aliphatic heterocycles. The minimum absolute atomic E-state index is 0.287. The number of thiazole rings is 1. The van der Waals surface area contributed by atoms with Crippen LogP contribution in [0.1, 0.15) is 25.1 Å².